The second-order valence-corrected chi connectivity index (χ2v) is 4.94. The third-order valence-corrected chi connectivity index (χ3v) is 3.99. The van der Waals surface area contributed by atoms with Crippen LogP contribution in [-0.2, 0) is 12.8 Å². The van der Waals surface area contributed by atoms with Crippen molar-refractivity contribution in [2.24, 2.45) is 5.92 Å². The highest BCUT2D eigenvalue weighted by Crippen LogP contribution is 2.39. The van der Waals surface area contributed by atoms with Crippen molar-refractivity contribution in [3.8, 4) is 11.5 Å². The number of rotatable bonds is 0. The Bertz CT molecular complexity index is 417. The molecule has 0 bridgehead atoms. The Labute approximate surface area is 109 Å². The summed E-state index contributed by atoms with van der Waals surface area (Å²) in [4.78, 5) is 0. The number of fused-ring (bicyclic) bond motifs is 2. The zero-order valence-electron chi connectivity index (χ0n) is 11.2. The third-order valence-electron chi connectivity index (χ3n) is 3.99. The van der Waals surface area contributed by atoms with Gasteiger partial charge in [-0.1, -0.05) is 19.9 Å². The standard InChI is InChI=1S/C13H17NO2.C2H6/c15-12-4-3-8-7-11-9(2-1-5-14-11)6-10(8)13(12)16;1-2/h3-4,9,11,14-16H,1-2,5-7H2;1-2H3/t9?,11-;/m0./s1. The summed E-state index contributed by atoms with van der Waals surface area (Å²) in [6.07, 6.45) is 4.32. The Morgan fingerprint density at radius 1 is 1.17 bits per heavy atom. The van der Waals surface area contributed by atoms with E-state index in [4.69, 9.17) is 0 Å². The van der Waals surface area contributed by atoms with E-state index < -0.39 is 0 Å². The number of nitrogens with one attached hydrogen (secondary N) is 1. The van der Waals surface area contributed by atoms with E-state index in [2.05, 4.69) is 5.32 Å². The quantitative estimate of drug-likeness (QED) is 0.619. The zero-order valence-corrected chi connectivity index (χ0v) is 11.2. The maximum atomic E-state index is 9.86. The van der Waals surface area contributed by atoms with Gasteiger partial charge in [-0.05, 0) is 49.8 Å². The third kappa shape index (κ3) is 2.32. The maximum Gasteiger partial charge on any atom is 0.160 e. The van der Waals surface area contributed by atoms with Gasteiger partial charge >= 0.3 is 0 Å². The van der Waals surface area contributed by atoms with Gasteiger partial charge in [0.1, 0.15) is 0 Å². The normalized spacial score (nSPS) is 25.4. The molecule has 1 unspecified atom stereocenters. The van der Waals surface area contributed by atoms with E-state index in [1.807, 2.05) is 19.9 Å². The van der Waals surface area contributed by atoms with Crippen molar-refractivity contribution in [2.45, 2.75) is 45.6 Å². The Hall–Kier alpha value is -1.22. The molecule has 3 rings (SSSR count). The van der Waals surface area contributed by atoms with Crippen LogP contribution in [0, 0.1) is 5.92 Å². The van der Waals surface area contributed by atoms with Crippen LogP contribution in [0.2, 0.25) is 0 Å². The Morgan fingerprint density at radius 2 is 1.94 bits per heavy atom. The molecule has 0 amide bonds. The number of hydrogen-bond acceptors (Lipinski definition) is 3. The van der Waals surface area contributed by atoms with Crippen LogP contribution in [0.3, 0.4) is 0 Å². The van der Waals surface area contributed by atoms with Crippen molar-refractivity contribution in [3.05, 3.63) is 23.3 Å². The summed E-state index contributed by atoms with van der Waals surface area (Å²) in [6, 6.07) is 4.10. The molecule has 1 fully saturated rings. The second kappa shape index (κ2) is 5.61. The fourth-order valence-corrected chi connectivity index (χ4v) is 3.09. The Kier molecular flexibility index (Phi) is 4.12. The van der Waals surface area contributed by atoms with Gasteiger partial charge < -0.3 is 15.5 Å². The fraction of sp³-hybridized carbons (Fsp3) is 0.600. The monoisotopic (exact) mass is 249 g/mol. The van der Waals surface area contributed by atoms with Crippen LogP contribution in [0.15, 0.2) is 12.1 Å². The molecule has 1 aromatic rings. The van der Waals surface area contributed by atoms with E-state index in [9.17, 15) is 10.2 Å². The molecule has 100 valence electrons. The molecule has 1 aromatic carbocycles. The van der Waals surface area contributed by atoms with Crippen molar-refractivity contribution in [1.29, 1.82) is 0 Å². The first-order valence-electron chi connectivity index (χ1n) is 7.02. The first kappa shape index (κ1) is 13.2. The summed E-state index contributed by atoms with van der Waals surface area (Å²) in [6.45, 7) is 5.11. The molecular formula is C15H23NO2. The van der Waals surface area contributed by atoms with Crippen molar-refractivity contribution >= 4 is 0 Å². The van der Waals surface area contributed by atoms with Gasteiger partial charge in [-0.3, -0.25) is 0 Å². The number of aromatic hydroxyl groups is 2. The lowest BCUT2D eigenvalue weighted by atomic mass is 9.76. The molecule has 0 aromatic heterocycles. The van der Waals surface area contributed by atoms with Crippen LogP contribution >= 0.6 is 0 Å². The minimum atomic E-state index is 0.0148. The van der Waals surface area contributed by atoms with Crippen molar-refractivity contribution in [2.75, 3.05) is 6.54 Å². The van der Waals surface area contributed by atoms with Gasteiger partial charge in [0.25, 0.3) is 0 Å². The van der Waals surface area contributed by atoms with Gasteiger partial charge in [0, 0.05) is 11.6 Å². The topological polar surface area (TPSA) is 52.5 Å². The molecule has 1 saturated heterocycles. The maximum absolute atomic E-state index is 9.86. The summed E-state index contributed by atoms with van der Waals surface area (Å²) in [5, 5.41) is 22.9. The lowest BCUT2D eigenvalue weighted by Crippen LogP contribution is -2.45. The Morgan fingerprint density at radius 3 is 2.72 bits per heavy atom. The first-order chi connectivity index (χ1) is 8.75. The minimum Gasteiger partial charge on any atom is -0.504 e. The molecule has 0 radical (unpaired) electrons. The van der Waals surface area contributed by atoms with Crippen LogP contribution in [0.1, 0.15) is 37.8 Å². The highest BCUT2D eigenvalue weighted by molar-refractivity contribution is 5.50. The van der Waals surface area contributed by atoms with E-state index in [0.717, 1.165) is 24.9 Å². The van der Waals surface area contributed by atoms with Gasteiger partial charge in [-0.25, -0.2) is 0 Å². The van der Waals surface area contributed by atoms with E-state index in [-0.39, 0.29) is 11.5 Å². The number of phenols is 2. The lowest BCUT2D eigenvalue weighted by Gasteiger charge is -2.37. The van der Waals surface area contributed by atoms with Gasteiger partial charge in [-0.2, -0.15) is 0 Å². The summed E-state index contributed by atoms with van der Waals surface area (Å²) >= 11 is 0. The molecule has 2 aliphatic rings. The number of benzene rings is 1. The van der Waals surface area contributed by atoms with Crippen LogP contribution in [0.4, 0.5) is 0 Å². The van der Waals surface area contributed by atoms with Gasteiger partial charge in [0.05, 0.1) is 0 Å². The SMILES string of the molecule is CC.Oc1ccc2c(c1O)CC1CCCN[C@H]1C2. The highest BCUT2D eigenvalue weighted by atomic mass is 16.3. The molecule has 3 N–H and O–H groups in total. The lowest BCUT2D eigenvalue weighted by molar-refractivity contribution is 0.259. The number of hydrogen-bond donors (Lipinski definition) is 3. The van der Waals surface area contributed by atoms with Crippen LogP contribution in [0.5, 0.6) is 11.5 Å². The second-order valence-electron chi connectivity index (χ2n) is 4.94. The average molecular weight is 249 g/mol. The van der Waals surface area contributed by atoms with E-state index >= 15 is 0 Å². The molecule has 0 saturated carbocycles. The largest absolute Gasteiger partial charge is 0.504 e. The number of phenolic OH excluding ortho intramolecular Hbond substituents is 2. The molecule has 1 heterocycles. The van der Waals surface area contributed by atoms with Crippen molar-refractivity contribution < 1.29 is 10.2 Å². The molecular weight excluding hydrogens is 226 g/mol. The van der Waals surface area contributed by atoms with E-state index in [1.165, 1.54) is 18.4 Å². The summed E-state index contributed by atoms with van der Waals surface area (Å²) in [5.74, 6) is 0.733. The fourth-order valence-electron chi connectivity index (χ4n) is 3.09. The zero-order chi connectivity index (χ0) is 13.1. The summed E-state index contributed by atoms with van der Waals surface area (Å²) in [5.41, 5.74) is 2.15. The minimum absolute atomic E-state index is 0.0148. The predicted octanol–water partition coefficient (Wildman–Crippen LogP) is 2.59. The smallest absolute Gasteiger partial charge is 0.160 e. The molecule has 18 heavy (non-hydrogen) atoms. The van der Waals surface area contributed by atoms with Crippen LogP contribution < -0.4 is 5.32 Å². The molecule has 1 aliphatic heterocycles. The average Bonchev–Trinajstić information content (AvgIpc) is 2.44. The summed E-state index contributed by atoms with van der Waals surface area (Å²) < 4.78 is 0. The van der Waals surface area contributed by atoms with Crippen molar-refractivity contribution in [3.63, 3.8) is 0 Å². The molecule has 1 aliphatic carbocycles. The number of piperidine rings is 1. The van der Waals surface area contributed by atoms with E-state index in [0.29, 0.717) is 12.0 Å². The predicted molar refractivity (Wildman–Crippen MR) is 73.0 cm³/mol. The molecule has 2 atom stereocenters. The van der Waals surface area contributed by atoms with Gasteiger partial charge in [0.2, 0.25) is 0 Å². The first-order valence-corrected chi connectivity index (χ1v) is 7.02. The molecule has 3 heteroatoms. The van der Waals surface area contributed by atoms with Crippen LogP contribution in [0.25, 0.3) is 0 Å². The van der Waals surface area contributed by atoms with Crippen molar-refractivity contribution in [1.82, 2.24) is 5.32 Å². The summed E-state index contributed by atoms with van der Waals surface area (Å²) in [7, 11) is 0. The van der Waals surface area contributed by atoms with Crippen LogP contribution in [-0.4, -0.2) is 22.8 Å². The highest BCUT2D eigenvalue weighted by Gasteiger charge is 2.32. The van der Waals surface area contributed by atoms with E-state index in [1.54, 1.807) is 6.07 Å². The van der Waals surface area contributed by atoms with Gasteiger partial charge in [0.15, 0.2) is 11.5 Å². The Balaban J connectivity index is 0.000000574. The molecule has 0 spiro atoms. The molecule has 3 nitrogen and oxygen atoms in total. The van der Waals surface area contributed by atoms with Gasteiger partial charge in [-0.15, -0.1) is 0 Å².